The molecule has 1 saturated heterocycles. The summed E-state index contributed by atoms with van der Waals surface area (Å²) < 4.78 is 9.04. The summed E-state index contributed by atoms with van der Waals surface area (Å²) in [5, 5.41) is 0.919. The predicted octanol–water partition coefficient (Wildman–Crippen LogP) is 2.42. The molecule has 0 N–H and O–H groups in total. The van der Waals surface area contributed by atoms with Gasteiger partial charge in [-0.2, -0.15) is 0 Å². The number of rotatable bonds is 4. The van der Waals surface area contributed by atoms with Crippen LogP contribution < -0.4 is 5.69 Å². The van der Waals surface area contributed by atoms with Crippen LogP contribution >= 0.6 is 15.9 Å². The molecule has 1 aliphatic heterocycles. The number of hydrogen-bond donors (Lipinski definition) is 0. The van der Waals surface area contributed by atoms with E-state index in [1.807, 2.05) is 30.8 Å². The third-order valence-corrected chi connectivity index (χ3v) is 4.96. The second kappa shape index (κ2) is 5.61. The molecular formula is C13H21BrN2O2. The van der Waals surface area contributed by atoms with E-state index in [1.54, 1.807) is 4.57 Å². The van der Waals surface area contributed by atoms with E-state index >= 15 is 0 Å². The highest BCUT2D eigenvalue weighted by Crippen LogP contribution is 2.33. The lowest BCUT2D eigenvalue weighted by atomic mass is 9.82. The van der Waals surface area contributed by atoms with Gasteiger partial charge in [0.1, 0.15) is 0 Å². The van der Waals surface area contributed by atoms with E-state index in [-0.39, 0.29) is 17.1 Å². The first-order chi connectivity index (χ1) is 8.58. The molecular weight excluding hydrogens is 296 g/mol. The monoisotopic (exact) mass is 316 g/mol. The minimum absolute atomic E-state index is 0.0943. The van der Waals surface area contributed by atoms with E-state index in [1.165, 1.54) is 0 Å². The van der Waals surface area contributed by atoms with Crippen molar-refractivity contribution in [2.24, 2.45) is 5.41 Å². The lowest BCUT2D eigenvalue weighted by Crippen LogP contribution is -2.38. The summed E-state index contributed by atoms with van der Waals surface area (Å²) in [4.78, 5) is 12.2. The topological polar surface area (TPSA) is 36.2 Å². The first-order valence-electron chi connectivity index (χ1n) is 6.49. The van der Waals surface area contributed by atoms with Crippen molar-refractivity contribution in [2.75, 3.05) is 18.5 Å². The van der Waals surface area contributed by atoms with E-state index in [9.17, 15) is 4.79 Å². The van der Waals surface area contributed by atoms with Crippen molar-refractivity contribution < 1.29 is 4.74 Å². The van der Waals surface area contributed by atoms with Gasteiger partial charge in [0.25, 0.3) is 0 Å². The second-order valence-electron chi connectivity index (χ2n) is 5.46. The Hall–Kier alpha value is -0.550. The number of alkyl halides is 1. The Morgan fingerprint density at radius 3 is 2.56 bits per heavy atom. The average molecular weight is 317 g/mol. The molecule has 0 amide bonds. The number of ether oxygens (including phenoxy) is 1. The van der Waals surface area contributed by atoms with Crippen LogP contribution in [0.3, 0.4) is 0 Å². The molecule has 0 aliphatic carbocycles. The SMILES string of the molecule is CC(C)n1ccn(CC2(CBr)CCOCC2)c1=O. The van der Waals surface area contributed by atoms with Crippen LogP contribution in [0.1, 0.15) is 32.7 Å². The quantitative estimate of drug-likeness (QED) is 0.800. The number of aromatic nitrogens is 2. The zero-order valence-corrected chi connectivity index (χ0v) is 12.6. The highest BCUT2D eigenvalue weighted by molar-refractivity contribution is 9.09. The summed E-state index contributed by atoms with van der Waals surface area (Å²) in [5.41, 5.74) is 0.252. The lowest BCUT2D eigenvalue weighted by Gasteiger charge is -2.35. The molecule has 1 aromatic heterocycles. The van der Waals surface area contributed by atoms with Crippen molar-refractivity contribution in [2.45, 2.75) is 39.3 Å². The van der Waals surface area contributed by atoms with Crippen molar-refractivity contribution in [3.05, 3.63) is 22.9 Å². The highest BCUT2D eigenvalue weighted by atomic mass is 79.9. The van der Waals surface area contributed by atoms with Crippen molar-refractivity contribution >= 4 is 15.9 Å². The fourth-order valence-electron chi connectivity index (χ4n) is 2.44. The summed E-state index contributed by atoms with van der Waals surface area (Å²) in [6.45, 7) is 6.43. The summed E-state index contributed by atoms with van der Waals surface area (Å²) in [6, 6.07) is 0.216. The molecule has 0 spiro atoms. The molecule has 0 bridgehead atoms. The Bertz CT molecular complexity index is 444. The molecule has 4 nitrogen and oxygen atoms in total. The molecule has 2 heterocycles. The van der Waals surface area contributed by atoms with Crippen LogP contribution in [-0.2, 0) is 11.3 Å². The van der Waals surface area contributed by atoms with E-state index in [4.69, 9.17) is 4.74 Å². The summed E-state index contributed by atoms with van der Waals surface area (Å²) >= 11 is 3.61. The number of halogens is 1. The summed E-state index contributed by atoms with van der Waals surface area (Å²) in [6.07, 6.45) is 5.81. The van der Waals surface area contributed by atoms with Gasteiger partial charge in [-0.1, -0.05) is 15.9 Å². The average Bonchev–Trinajstić information content (AvgIpc) is 2.72. The van der Waals surface area contributed by atoms with Gasteiger partial charge >= 0.3 is 5.69 Å². The van der Waals surface area contributed by atoms with Gasteiger partial charge in [0.2, 0.25) is 0 Å². The van der Waals surface area contributed by atoms with Gasteiger partial charge in [-0.05, 0) is 26.7 Å². The molecule has 0 radical (unpaired) electrons. The van der Waals surface area contributed by atoms with E-state index in [0.29, 0.717) is 0 Å². The minimum atomic E-state index is 0.0943. The van der Waals surface area contributed by atoms with Crippen LogP contribution in [0.15, 0.2) is 17.2 Å². The van der Waals surface area contributed by atoms with Gasteiger partial charge in [-0.25, -0.2) is 4.79 Å². The first kappa shape index (κ1) is 13.9. The maximum atomic E-state index is 12.2. The van der Waals surface area contributed by atoms with Crippen LogP contribution in [0.25, 0.3) is 0 Å². The second-order valence-corrected chi connectivity index (χ2v) is 6.02. The molecule has 0 aromatic carbocycles. The molecule has 1 aliphatic rings. The van der Waals surface area contributed by atoms with Gasteiger partial charge < -0.3 is 4.74 Å². The Balaban J connectivity index is 2.19. The van der Waals surface area contributed by atoms with Crippen molar-refractivity contribution in [1.82, 2.24) is 9.13 Å². The van der Waals surface area contributed by atoms with Crippen molar-refractivity contribution in [3.8, 4) is 0 Å². The number of hydrogen-bond acceptors (Lipinski definition) is 2. The van der Waals surface area contributed by atoms with Crippen molar-refractivity contribution in [3.63, 3.8) is 0 Å². The van der Waals surface area contributed by atoms with E-state index in [2.05, 4.69) is 15.9 Å². The fraction of sp³-hybridized carbons (Fsp3) is 0.769. The maximum Gasteiger partial charge on any atom is 0.328 e. The number of imidazole rings is 1. The van der Waals surface area contributed by atoms with E-state index in [0.717, 1.165) is 37.9 Å². The molecule has 102 valence electrons. The lowest BCUT2D eigenvalue weighted by molar-refractivity contribution is 0.0181. The third kappa shape index (κ3) is 2.72. The zero-order chi connectivity index (χ0) is 13.2. The van der Waals surface area contributed by atoms with Crippen molar-refractivity contribution in [1.29, 1.82) is 0 Å². The van der Waals surface area contributed by atoms with Crippen LogP contribution in [0.5, 0.6) is 0 Å². The Kier molecular flexibility index (Phi) is 4.33. The normalized spacial score (nSPS) is 19.3. The molecule has 5 heteroatoms. The molecule has 1 fully saturated rings. The van der Waals surface area contributed by atoms with Gasteiger partial charge in [0.05, 0.1) is 0 Å². The molecule has 0 unspecified atom stereocenters. The Morgan fingerprint density at radius 1 is 1.39 bits per heavy atom. The first-order valence-corrected chi connectivity index (χ1v) is 7.61. The maximum absolute atomic E-state index is 12.2. The smallest absolute Gasteiger partial charge is 0.328 e. The molecule has 18 heavy (non-hydrogen) atoms. The van der Waals surface area contributed by atoms with Crippen LogP contribution in [0, 0.1) is 5.41 Å². The predicted molar refractivity (Wildman–Crippen MR) is 75.4 cm³/mol. The molecule has 0 atom stereocenters. The number of nitrogens with zero attached hydrogens (tertiary/aromatic N) is 2. The standard InChI is InChI=1S/C13H21BrN2O2/c1-11(2)16-6-5-15(12(16)17)10-13(9-14)3-7-18-8-4-13/h5-6,11H,3-4,7-10H2,1-2H3. The highest BCUT2D eigenvalue weighted by Gasteiger charge is 2.32. The molecule has 2 rings (SSSR count). The minimum Gasteiger partial charge on any atom is -0.381 e. The van der Waals surface area contributed by atoms with Gasteiger partial charge in [0, 0.05) is 48.9 Å². The zero-order valence-electron chi connectivity index (χ0n) is 11.1. The fourth-order valence-corrected chi connectivity index (χ4v) is 3.18. The van der Waals surface area contributed by atoms with Gasteiger partial charge in [0.15, 0.2) is 0 Å². The van der Waals surface area contributed by atoms with Gasteiger partial charge in [-0.15, -0.1) is 0 Å². The Labute approximate surface area is 116 Å². The van der Waals surface area contributed by atoms with Crippen LogP contribution in [0.2, 0.25) is 0 Å². The molecule has 0 saturated carbocycles. The summed E-state index contributed by atoms with van der Waals surface area (Å²) in [7, 11) is 0. The Morgan fingerprint density at radius 2 is 2.06 bits per heavy atom. The van der Waals surface area contributed by atoms with Gasteiger partial charge in [-0.3, -0.25) is 9.13 Å². The molecule has 1 aromatic rings. The largest absolute Gasteiger partial charge is 0.381 e. The van der Waals surface area contributed by atoms with Crippen LogP contribution in [0.4, 0.5) is 0 Å². The van der Waals surface area contributed by atoms with E-state index < -0.39 is 0 Å². The van der Waals surface area contributed by atoms with Crippen LogP contribution in [-0.4, -0.2) is 27.7 Å². The summed E-state index contributed by atoms with van der Waals surface area (Å²) in [5.74, 6) is 0. The third-order valence-electron chi connectivity index (χ3n) is 3.77.